The van der Waals surface area contributed by atoms with Crippen LogP contribution in [0.2, 0.25) is 0 Å². The van der Waals surface area contributed by atoms with Crippen molar-refractivity contribution in [2.75, 3.05) is 11.5 Å². The van der Waals surface area contributed by atoms with Crippen LogP contribution in [-0.2, 0) is 15.6 Å². The molecule has 1 aliphatic rings. The molecule has 1 heterocycles. The van der Waals surface area contributed by atoms with Crippen LogP contribution in [0.3, 0.4) is 0 Å². The zero-order valence-electron chi connectivity index (χ0n) is 9.64. The van der Waals surface area contributed by atoms with E-state index >= 15 is 0 Å². The minimum Gasteiger partial charge on any atom is -0.294 e. The third kappa shape index (κ3) is 2.69. The van der Waals surface area contributed by atoms with Crippen molar-refractivity contribution in [3.63, 3.8) is 0 Å². The van der Waals surface area contributed by atoms with Crippen molar-refractivity contribution in [2.45, 2.75) is 13.3 Å². The van der Waals surface area contributed by atoms with Gasteiger partial charge in [0.1, 0.15) is 0 Å². The molecule has 0 saturated carbocycles. The number of carbonyl (C=O) groups is 1. The molecule has 2 rings (SSSR count). The lowest BCUT2D eigenvalue weighted by Gasteiger charge is -2.08. The van der Waals surface area contributed by atoms with Crippen LogP contribution < -0.4 is 0 Å². The maximum atomic E-state index is 12.0. The Morgan fingerprint density at radius 1 is 1.35 bits per heavy atom. The van der Waals surface area contributed by atoms with Crippen molar-refractivity contribution in [3.8, 4) is 0 Å². The standard InChI is InChI=1S/C13H14O2S2/c1-2-11(14)12(10-6-4-3-5-7-10)13-16-8-9-17(13)15/h3-7H,2,8-9H2,1H3/b13-12+. The van der Waals surface area contributed by atoms with E-state index < -0.39 is 10.8 Å². The highest BCUT2D eigenvalue weighted by Gasteiger charge is 2.25. The number of hydrogen-bond donors (Lipinski definition) is 0. The Hall–Kier alpha value is -0.870. The van der Waals surface area contributed by atoms with E-state index in [-0.39, 0.29) is 5.78 Å². The number of Topliss-reactive ketones (excluding diaryl/α,β-unsaturated/α-hetero) is 1. The van der Waals surface area contributed by atoms with Gasteiger partial charge in [0, 0.05) is 23.5 Å². The van der Waals surface area contributed by atoms with Gasteiger partial charge in [-0.15, -0.1) is 11.8 Å². The van der Waals surface area contributed by atoms with Gasteiger partial charge < -0.3 is 0 Å². The zero-order valence-corrected chi connectivity index (χ0v) is 11.3. The van der Waals surface area contributed by atoms with E-state index in [9.17, 15) is 9.00 Å². The summed E-state index contributed by atoms with van der Waals surface area (Å²) in [5.74, 6) is 1.58. The van der Waals surface area contributed by atoms with Crippen molar-refractivity contribution in [2.24, 2.45) is 0 Å². The maximum Gasteiger partial charge on any atom is 0.164 e. The Bertz CT molecular complexity index is 477. The highest BCUT2D eigenvalue weighted by Crippen LogP contribution is 2.35. The molecule has 4 heteroatoms. The monoisotopic (exact) mass is 266 g/mol. The Kier molecular flexibility index (Phi) is 4.18. The summed E-state index contributed by atoms with van der Waals surface area (Å²) in [6, 6.07) is 9.54. The zero-order chi connectivity index (χ0) is 12.3. The van der Waals surface area contributed by atoms with Crippen molar-refractivity contribution in [3.05, 3.63) is 40.1 Å². The molecule has 90 valence electrons. The molecular formula is C13H14O2S2. The number of benzene rings is 1. The molecule has 0 aromatic heterocycles. The summed E-state index contributed by atoms with van der Waals surface area (Å²) in [7, 11) is -0.992. The molecule has 2 nitrogen and oxygen atoms in total. The maximum absolute atomic E-state index is 12.0. The van der Waals surface area contributed by atoms with Gasteiger partial charge in [0.05, 0.1) is 15.0 Å². The highest BCUT2D eigenvalue weighted by molar-refractivity contribution is 8.19. The molecule has 1 aliphatic heterocycles. The first-order valence-electron chi connectivity index (χ1n) is 5.58. The summed E-state index contributed by atoms with van der Waals surface area (Å²) in [4.78, 5) is 12.0. The summed E-state index contributed by atoms with van der Waals surface area (Å²) >= 11 is 1.56. The average molecular weight is 266 g/mol. The fourth-order valence-electron chi connectivity index (χ4n) is 1.73. The number of hydrogen-bond acceptors (Lipinski definition) is 3. The van der Waals surface area contributed by atoms with Gasteiger partial charge in [0.25, 0.3) is 0 Å². The number of allylic oxidation sites excluding steroid dienone is 1. The lowest BCUT2D eigenvalue weighted by Crippen LogP contribution is -2.04. The second-order valence-electron chi connectivity index (χ2n) is 3.70. The van der Waals surface area contributed by atoms with Gasteiger partial charge in [-0.3, -0.25) is 9.00 Å². The molecule has 1 aromatic carbocycles. The minimum atomic E-state index is -0.992. The van der Waals surface area contributed by atoms with E-state index in [1.807, 2.05) is 37.3 Å². The number of thioether (sulfide) groups is 1. The molecule has 17 heavy (non-hydrogen) atoms. The van der Waals surface area contributed by atoms with E-state index in [1.165, 1.54) is 0 Å². The summed E-state index contributed by atoms with van der Waals surface area (Å²) < 4.78 is 12.7. The summed E-state index contributed by atoms with van der Waals surface area (Å²) in [5, 5.41) is 0. The summed E-state index contributed by atoms with van der Waals surface area (Å²) in [6.07, 6.45) is 0.450. The molecule has 1 saturated heterocycles. The topological polar surface area (TPSA) is 34.1 Å². The first kappa shape index (κ1) is 12.6. The normalized spacial score (nSPS) is 22.5. The fourth-order valence-corrected chi connectivity index (χ4v) is 4.90. The fraction of sp³-hybridized carbons (Fsp3) is 0.308. The Balaban J connectivity index is 2.53. The van der Waals surface area contributed by atoms with Crippen molar-refractivity contribution < 1.29 is 9.00 Å². The molecule has 0 radical (unpaired) electrons. The molecule has 1 aromatic rings. The Morgan fingerprint density at radius 3 is 2.59 bits per heavy atom. The molecule has 1 unspecified atom stereocenters. The van der Waals surface area contributed by atoms with Crippen LogP contribution in [0.25, 0.3) is 5.57 Å². The van der Waals surface area contributed by atoms with Crippen molar-refractivity contribution in [1.82, 2.24) is 0 Å². The van der Waals surface area contributed by atoms with Gasteiger partial charge in [-0.05, 0) is 5.56 Å². The quantitative estimate of drug-likeness (QED) is 0.789. The number of carbonyl (C=O) groups excluding carboxylic acids is 1. The predicted octanol–water partition coefficient (Wildman–Crippen LogP) is 2.83. The van der Waals surface area contributed by atoms with E-state index in [0.717, 1.165) is 15.6 Å². The van der Waals surface area contributed by atoms with Crippen LogP contribution in [0, 0.1) is 0 Å². The summed E-state index contributed by atoms with van der Waals surface area (Å²) in [6.45, 7) is 1.84. The molecule has 0 aliphatic carbocycles. The largest absolute Gasteiger partial charge is 0.294 e. The molecule has 1 atom stereocenters. The van der Waals surface area contributed by atoms with E-state index in [4.69, 9.17) is 0 Å². The van der Waals surface area contributed by atoms with E-state index in [0.29, 0.717) is 17.7 Å². The molecule has 0 spiro atoms. The second kappa shape index (κ2) is 5.65. The first-order chi connectivity index (χ1) is 8.24. The lowest BCUT2D eigenvalue weighted by atomic mass is 10.0. The molecule has 0 N–H and O–H groups in total. The Labute approximate surface area is 108 Å². The van der Waals surface area contributed by atoms with Crippen LogP contribution in [0.5, 0.6) is 0 Å². The molecule has 0 amide bonds. The van der Waals surface area contributed by atoms with Gasteiger partial charge in [-0.25, -0.2) is 0 Å². The predicted molar refractivity (Wildman–Crippen MR) is 74.1 cm³/mol. The minimum absolute atomic E-state index is 0.0777. The third-order valence-electron chi connectivity index (χ3n) is 2.58. The van der Waals surface area contributed by atoms with Crippen LogP contribution in [0.15, 0.2) is 34.6 Å². The first-order valence-corrected chi connectivity index (χ1v) is 7.88. The number of rotatable bonds is 3. The van der Waals surface area contributed by atoms with Gasteiger partial charge in [-0.2, -0.15) is 0 Å². The van der Waals surface area contributed by atoms with Crippen LogP contribution in [0.1, 0.15) is 18.9 Å². The van der Waals surface area contributed by atoms with Gasteiger partial charge in [0.15, 0.2) is 5.78 Å². The van der Waals surface area contributed by atoms with E-state index in [2.05, 4.69) is 0 Å². The lowest BCUT2D eigenvalue weighted by molar-refractivity contribution is -0.113. The molecule has 0 bridgehead atoms. The van der Waals surface area contributed by atoms with Crippen LogP contribution >= 0.6 is 11.8 Å². The summed E-state index contributed by atoms with van der Waals surface area (Å²) in [5.41, 5.74) is 1.55. The van der Waals surface area contributed by atoms with Gasteiger partial charge in [0.2, 0.25) is 0 Å². The van der Waals surface area contributed by atoms with E-state index in [1.54, 1.807) is 11.8 Å². The smallest absolute Gasteiger partial charge is 0.164 e. The molecular weight excluding hydrogens is 252 g/mol. The van der Waals surface area contributed by atoms with Crippen molar-refractivity contribution in [1.29, 1.82) is 0 Å². The third-order valence-corrected chi connectivity index (χ3v) is 5.81. The Morgan fingerprint density at radius 2 is 2.06 bits per heavy atom. The highest BCUT2D eigenvalue weighted by atomic mass is 32.2. The average Bonchev–Trinajstić information content (AvgIpc) is 2.77. The van der Waals surface area contributed by atoms with Gasteiger partial charge >= 0.3 is 0 Å². The van der Waals surface area contributed by atoms with Crippen LogP contribution in [-0.4, -0.2) is 21.5 Å². The van der Waals surface area contributed by atoms with Crippen LogP contribution in [0.4, 0.5) is 0 Å². The molecule has 1 fully saturated rings. The number of ketones is 1. The van der Waals surface area contributed by atoms with Crippen molar-refractivity contribution >= 4 is 33.9 Å². The second-order valence-corrected chi connectivity index (χ2v) is 6.57. The van der Waals surface area contributed by atoms with Gasteiger partial charge in [-0.1, -0.05) is 37.3 Å². The SMILES string of the molecule is CCC(=O)/C(=C1\SCCS1=O)c1ccccc1.